The summed E-state index contributed by atoms with van der Waals surface area (Å²) < 4.78 is 6.21. The largest absolute Gasteiger partial charge is 0.497 e. The highest BCUT2D eigenvalue weighted by Crippen LogP contribution is 2.24. The molecule has 76 valence electrons. The van der Waals surface area contributed by atoms with Gasteiger partial charge >= 0.3 is 0 Å². The monoisotopic (exact) mass is 262 g/mol. The van der Waals surface area contributed by atoms with Crippen molar-refractivity contribution in [3.63, 3.8) is 0 Å². The maximum absolute atomic E-state index is 5.12. The first-order valence-electron chi connectivity index (χ1n) is 4.69. The lowest BCUT2D eigenvalue weighted by Crippen LogP contribution is -1.82. The van der Waals surface area contributed by atoms with E-state index in [4.69, 9.17) is 4.74 Å². The second kappa shape index (κ2) is 4.49. The van der Waals surface area contributed by atoms with E-state index in [0.717, 1.165) is 10.2 Å². The van der Waals surface area contributed by atoms with Gasteiger partial charge in [0.25, 0.3) is 0 Å². The van der Waals surface area contributed by atoms with Crippen LogP contribution >= 0.6 is 15.9 Å². The quantitative estimate of drug-likeness (QED) is 0.791. The van der Waals surface area contributed by atoms with Crippen molar-refractivity contribution in [3.05, 3.63) is 53.0 Å². The third-order valence-electron chi connectivity index (χ3n) is 2.25. The lowest BCUT2D eigenvalue weighted by molar-refractivity contribution is 0.415. The Morgan fingerprint density at radius 1 is 0.933 bits per heavy atom. The average Bonchev–Trinajstić information content (AvgIpc) is 2.29. The molecule has 0 heterocycles. The predicted molar refractivity (Wildman–Crippen MR) is 66.1 cm³/mol. The summed E-state index contributed by atoms with van der Waals surface area (Å²) >= 11 is 3.46. The fourth-order valence-corrected chi connectivity index (χ4v) is 1.85. The van der Waals surface area contributed by atoms with E-state index in [9.17, 15) is 0 Å². The molecular weight excluding hydrogens is 252 g/mol. The van der Waals surface area contributed by atoms with Gasteiger partial charge in [-0.2, -0.15) is 0 Å². The lowest BCUT2D eigenvalue weighted by atomic mass is 10.1. The van der Waals surface area contributed by atoms with E-state index >= 15 is 0 Å². The fourth-order valence-electron chi connectivity index (χ4n) is 1.45. The van der Waals surface area contributed by atoms with Crippen LogP contribution in [-0.2, 0) is 0 Å². The van der Waals surface area contributed by atoms with Crippen molar-refractivity contribution in [1.29, 1.82) is 0 Å². The Hall–Kier alpha value is -1.28. The molecule has 0 aliphatic heterocycles. The zero-order chi connectivity index (χ0) is 10.7. The number of benzene rings is 2. The summed E-state index contributed by atoms with van der Waals surface area (Å²) in [6.45, 7) is 0. The first-order valence-corrected chi connectivity index (χ1v) is 5.49. The van der Waals surface area contributed by atoms with Gasteiger partial charge in [0.2, 0.25) is 0 Å². The molecule has 2 aromatic carbocycles. The molecule has 0 aliphatic carbocycles. The van der Waals surface area contributed by atoms with E-state index in [1.54, 1.807) is 7.11 Å². The van der Waals surface area contributed by atoms with Gasteiger partial charge in [-0.15, -0.1) is 0 Å². The number of hydrogen-bond acceptors (Lipinski definition) is 1. The van der Waals surface area contributed by atoms with Crippen LogP contribution in [0.25, 0.3) is 11.1 Å². The van der Waals surface area contributed by atoms with E-state index in [-0.39, 0.29) is 0 Å². The van der Waals surface area contributed by atoms with Gasteiger partial charge in [0.05, 0.1) is 7.11 Å². The molecule has 0 N–H and O–H groups in total. The molecule has 0 fully saturated rings. The van der Waals surface area contributed by atoms with Crippen LogP contribution < -0.4 is 4.74 Å². The molecule has 2 heteroatoms. The fraction of sp³-hybridized carbons (Fsp3) is 0.0769. The summed E-state index contributed by atoms with van der Waals surface area (Å²) in [7, 11) is 1.67. The van der Waals surface area contributed by atoms with E-state index in [1.165, 1.54) is 11.1 Å². The average molecular weight is 263 g/mol. The van der Waals surface area contributed by atoms with Crippen LogP contribution in [-0.4, -0.2) is 7.11 Å². The molecule has 2 aromatic rings. The normalized spacial score (nSPS) is 10.0. The van der Waals surface area contributed by atoms with Crippen molar-refractivity contribution >= 4 is 15.9 Å². The third-order valence-corrected chi connectivity index (χ3v) is 2.74. The first-order chi connectivity index (χ1) is 7.29. The molecule has 0 amide bonds. The van der Waals surface area contributed by atoms with Crippen LogP contribution in [0.1, 0.15) is 0 Å². The number of ether oxygens (including phenoxy) is 1. The maximum Gasteiger partial charge on any atom is 0.118 e. The van der Waals surface area contributed by atoms with Gasteiger partial charge in [-0.05, 0) is 35.4 Å². The minimum Gasteiger partial charge on any atom is -0.497 e. The number of hydrogen-bond donors (Lipinski definition) is 0. The molecule has 15 heavy (non-hydrogen) atoms. The van der Waals surface area contributed by atoms with Crippen LogP contribution in [0.15, 0.2) is 53.0 Å². The van der Waals surface area contributed by atoms with E-state index in [2.05, 4.69) is 40.2 Å². The zero-order valence-corrected chi connectivity index (χ0v) is 9.99. The third kappa shape index (κ3) is 2.39. The molecule has 0 aromatic heterocycles. The molecule has 0 bridgehead atoms. The molecule has 0 radical (unpaired) electrons. The van der Waals surface area contributed by atoms with Gasteiger partial charge in [-0.1, -0.05) is 40.2 Å². The van der Waals surface area contributed by atoms with Crippen LogP contribution in [0, 0.1) is 0 Å². The lowest BCUT2D eigenvalue weighted by Gasteiger charge is -2.04. The summed E-state index contributed by atoms with van der Waals surface area (Å²) in [4.78, 5) is 0. The van der Waals surface area contributed by atoms with Crippen molar-refractivity contribution in [3.8, 4) is 16.9 Å². The van der Waals surface area contributed by atoms with Gasteiger partial charge < -0.3 is 4.74 Å². The SMILES string of the molecule is COc1ccc(-c2cccc(Br)c2)cc1. The van der Waals surface area contributed by atoms with Crippen LogP contribution in [0.4, 0.5) is 0 Å². The van der Waals surface area contributed by atoms with Gasteiger partial charge in [-0.3, -0.25) is 0 Å². The summed E-state index contributed by atoms with van der Waals surface area (Å²) in [6, 6.07) is 16.3. The smallest absolute Gasteiger partial charge is 0.118 e. The van der Waals surface area contributed by atoms with Crippen molar-refractivity contribution < 1.29 is 4.74 Å². The van der Waals surface area contributed by atoms with Crippen LogP contribution in [0.3, 0.4) is 0 Å². The first kappa shape index (κ1) is 10.2. The van der Waals surface area contributed by atoms with E-state index in [1.807, 2.05) is 24.3 Å². The van der Waals surface area contributed by atoms with E-state index in [0.29, 0.717) is 0 Å². The highest BCUT2D eigenvalue weighted by molar-refractivity contribution is 9.10. The van der Waals surface area contributed by atoms with Crippen LogP contribution in [0.5, 0.6) is 5.75 Å². The minimum absolute atomic E-state index is 0.883. The molecule has 1 nitrogen and oxygen atoms in total. The second-order valence-electron chi connectivity index (χ2n) is 3.24. The highest BCUT2D eigenvalue weighted by atomic mass is 79.9. The zero-order valence-electron chi connectivity index (χ0n) is 8.41. The van der Waals surface area contributed by atoms with Gasteiger partial charge in [0, 0.05) is 4.47 Å². The molecule has 0 unspecified atom stereocenters. The highest BCUT2D eigenvalue weighted by Gasteiger charge is 1.98. The molecule has 0 atom stereocenters. The van der Waals surface area contributed by atoms with Crippen molar-refractivity contribution in [2.75, 3.05) is 7.11 Å². The predicted octanol–water partition coefficient (Wildman–Crippen LogP) is 4.12. The summed E-state index contributed by atoms with van der Waals surface area (Å²) in [5.41, 5.74) is 2.39. The molecule has 0 aliphatic rings. The Balaban J connectivity index is 2.37. The van der Waals surface area contributed by atoms with Gasteiger partial charge in [-0.25, -0.2) is 0 Å². The molecule has 0 saturated carbocycles. The van der Waals surface area contributed by atoms with E-state index < -0.39 is 0 Å². The molecule has 0 spiro atoms. The molecular formula is C13H11BrO. The van der Waals surface area contributed by atoms with Crippen molar-refractivity contribution in [2.24, 2.45) is 0 Å². The molecule has 2 rings (SSSR count). The maximum atomic E-state index is 5.12. The Kier molecular flexibility index (Phi) is 3.07. The Morgan fingerprint density at radius 3 is 2.27 bits per heavy atom. The Labute approximate surface area is 97.8 Å². The Bertz CT molecular complexity index is 448. The minimum atomic E-state index is 0.883. The van der Waals surface area contributed by atoms with Gasteiger partial charge in [0.1, 0.15) is 5.75 Å². The Morgan fingerprint density at radius 2 is 1.67 bits per heavy atom. The van der Waals surface area contributed by atoms with Crippen LogP contribution in [0.2, 0.25) is 0 Å². The van der Waals surface area contributed by atoms with Crippen molar-refractivity contribution in [1.82, 2.24) is 0 Å². The summed E-state index contributed by atoms with van der Waals surface area (Å²) in [6.07, 6.45) is 0. The standard InChI is InChI=1S/C13H11BrO/c1-15-13-7-5-10(6-8-13)11-3-2-4-12(14)9-11/h2-9H,1H3. The number of halogens is 1. The van der Waals surface area contributed by atoms with Gasteiger partial charge in [0.15, 0.2) is 0 Å². The topological polar surface area (TPSA) is 9.23 Å². The second-order valence-corrected chi connectivity index (χ2v) is 4.15. The number of methoxy groups -OCH3 is 1. The summed E-state index contributed by atoms with van der Waals surface area (Å²) in [5, 5.41) is 0. The number of rotatable bonds is 2. The summed E-state index contributed by atoms with van der Waals surface area (Å²) in [5.74, 6) is 0.883. The molecule has 0 saturated heterocycles. The van der Waals surface area contributed by atoms with Crippen molar-refractivity contribution in [2.45, 2.75) is 0 Å².